The summed E-state index contributed by atoms with van der Waals surface area (Å²) < 4.78 is 11.8. The molecule has 27 heavy (non-hydrogen) atoms. The molecule has 4 nitrogen and oxygen atoms in total. The van der Waals surface area contributed by atoms with E-state index in [-0.39, 0.29) is 5.78 Å². The normalized spacial score (nSPS) is 17.0. The van der Waals surface area contributed by atoms with E-state index in [0.717, 1.165) is 43.2 Å². The molecule has 0 amide bonds. The van der Waals surface area contributed by atoms with Gasteiger partial charge in [-0.05, 0) is 87.8 Å². The fourth-order valence-corrected chi connectivity index (χ4v) is 3.47. The number of Topliss-reactive ketones (excluding diaryl/α,β-unsaturated/α-hetero) is 1. The maximum Gasteiger partial charge on any atom is 0.129 e. The van der Waals surface area contributed by atoms with Crippen molar-refractivity contribution in [2.75, 3.05) is 19.7 Å². The molecule has 1 aliphatic rings. The highest BCUT2D eigenvalue weighted by molar-refractivity contribution is 6.30. The minimum atomic E-state index is 0.267. The second-order valence-corrected chi connectivity index (χ2v) is 7.41. The first-order chi connectivity index (χ1) is 13.1. The monoisotopic (exact) mass is 387 g/mol. The van der Waals surface area contributed by atoms with Crippen molar-refractivity contribution in [3.8, 4) is 17.2 Å². The summed E-state index contributed by atoms with van der Waals surface area (Å²) in [4.78, 5) is 13.6. The summed E-state index contributed by atoms with van der Waals surface area (Å²) >= 11 is 5.89. The van der Waals surface area contributed by atoms with Crippen LogP contribution >= 0.6 is 11.6 Å². The third kappa shape index (κ3) is 6.26. The van der Waals surface area contributed by atoms with E-state index in [9.17, 15) is 4.79 Å². The summed E-state index contributed by atoms with van der Waals surface area (Å²) in [6, 6.07) is 15.4. The van der Waals surface area contributed by atoms with Gasteiger partial charge in [0.1, 0.15) is 29.6 Å². The first kappa shape index (κ1) is 19.7. The van der Waals surface area contributed by atoms with Crippen molar-refractivity contribution >= 4 is 17.4 Å². The molecular weight excluding hydrogens is 362 g/mol. The van der Waals surface area contributed by atoms with Gasteiger partial charge in [0, 0.05) is 17.5 Å². The molecule has 2 aromatic carbocycles. The van der Waals surface area contributed by atoms with Crippen LogP contribution in [-0.2, 0) is 4.79 Å². The Bertz CT molecular complexity index is 730. The minimum absolute atomic E-state index is 0.267. The van der Waals surface area contributed by atoms with E-state index >= 15 is 0 Å². The number of rotatable bonds is 9. The van der Waals surface area contributed by atoms with Gasteiger partial charge in [0.2, 0.25) is 0 Å². The summed E-state index contributed by atoms with van der Waals surface area (Å²) in [5.74, 6) is 2.62. The third-order valence-electron chi connectivity index (χ3n) is 4.79. The first-order valence-corrected chi connectivity index (χ1v) is 9.88. The molecule has 0 aliphatic carbocycles. The van der Waals surface area contributed by atoms with E-state index in [2.05, 4.69) is 4.90 Å². The lowest BCUT2D eigenvalue weighted by molar-refractivity contribution is -0.117. The molecule has 2 aromatic rings. The van der Waals surface area contributed by atoms with Crippen LogP contribution in [0.4, 0.5) is 0 Å². The largest absolute Gasteiger partial charge is 0.492 e. The average Bonchev–Trinajstić information content (AvgIpc) is 3.10. The molecule has 0 spiro atoms. The van der Waals surface area contributed by atoms with Gasteiger partial charge in [0.05, 0.1) is 0 Å². The molecule has 1 fully saturated rings. The number of carbonyl (C=O) groups excluding carboxylic acids is 1. The number of ether oxygens (including phenoxy) is 2. The Morgan fingerprint density at radius 3 is 2.37 bits per heavy atom. The van der Waals surface area contributed by atoms with E-state index in [1.165, 1.54) is 6.42 Å². The number of likely N-dealkylation sites (tertiary alicyclic amines) is 1. The van der Waals surface area contributed by atoms with Gasteiger partial charge in [-0.25, -0.2) is 0 Å². The Labute approximate surface area is 166 Å². The molecular formula is C22H26ClNO3. The van der Waals surface area contributed by atoms with E-state index < -0.39 is 0 Å². The van der Waals surface area contributed by atoms with Gasteiger partial charge in [0.15, 0.2) is 0 Å². The molecule has 3 rings (SSSR count). The number of benzene rings is 2. The molecule has 1 heterocycles. The van der Waals surface area contributed by atoms with Gasteiger partial charge < -0.3 is 14.3 Å². The summed E-state index contributed by atoms with van der Waals surface area (Å²) in [5.41, 5.74) is 0. The smallest absolute Gasteiger partial charge is 0.129 e. The van der Waals surface area contributed by atoms with Gasteiger partial charge in [0.25, 0.3) is 0 Å². The second kappa shape index (κ2) is 9.77. The first-order valence-electron chi connectivity index (χ1n) is 9.50. The quantitative estimate of drug-likeness (QED) is 0.581. The lowest BCUT2D eigenvalue weighted by Gasteiger charge is -2.24. The fraction of sp³-hybridized carbons (Fsp3) is 0.409. The zero-order valence-corrected chi connectivity index (χ0v) is 16.5. The molecule has 0 saturated carbocycles. The predicted molar refractivity (Wildman–Crippen MR) is 108 cm³/mol. The number of halogens is 1. The average molecular weight is 388 g/mol. The minimum Gasteiger partial charge on any atom is -0.492 e. The maximum absolute atomic E-state index is 11.1. The van der Waals surface area contributed by atoms with Crippen molar-refractivity contribution in [2.45, 2.75) is 38.6 Å². The lowest BCUT2D eigenvalue weighted by Crippen LogP contribution is -2.35. The second-order valence-electron chi connectivity index (χ2n) is 6.98. The predicted octanol–water partition coefficient (Wildman–Crippen LogP) is 5.34. The summed E-state index contributed by atoms with van der Waals surface area (Å²) in [6.45, 7) is 4.41. The van der Waals surface area contributed by atoms with Crippen LogP contribution in [-0.4, -0.2) is 36.4 Å². The summed E-state index contributed by atoms with van der Waals surface area (Å²) in [6.07, 6.45) is 3.95. The molecule has 5 heteroatoms. The third-order valence-corrected chi connectivity index (χ3v) is 5.04. The standard InChI is InChI=1S/C22H26ClNO3/c1-17(25)4-2-14-24-15-3-5-19(24)16-26-20-10-12-22(13-11-20)27-21-8-6-18(23)7-9-21/h6-13,19H,2-5,14-16H2,1H3/t19-/m0/s1. The Kier molecular flexibility index (Phi) is 7.13. The zero-order valence-electron chi connectivity index (χ0n) is 15.7. The van der Waals surface area contributed by atoms with Crippen LogP contribution in [0.2, 0.25) is 5.02 Å². The number of hydrogen-bond donors (Lipinski definition) is 0. The Balaban J connectivity index is 1.46. The van der Waals surface area contributed by atoms with Crippen LogP contribution < -0.4 is 9.47 Å². The molecule has 1 aliphatic heterocycles. The molecule has 0 aromatic heterocycles. The van der Waals surface area contributed by atoms with Crippen molar-refractivity contribution in [1.82, 2.24) is 4.90 Å². The molecule has 0 radical (unpaired) electrons. The maximum atomic E-state index is 11.1. The molecule has 1 atom stereocenters. The Morgan fingerprint density at radius 2 is 1.70 bits per heavy atom. The van der Waals surface area contributed by atoms with Gasteiger partial charge in [-0.15, -0.1) is 0 Å². The number of ketones is 1. The highest BCUT2D eigenvalue weighted by atomic mass is 35.5. The number of carbonyl (C=O) groups is 1. The van der Waals surface area contributed by atoms with Crippen LogP contribution in [0.15, 0.2) is 48.5 Å². The molecule has 144 valence electrons. The van der Waals surface area contributed by atoms with Crippen molar-refractivity contribution in [3.05, 3.63) is 53.6 Å². The van der Waals surface area contributed by atoms with E-state index in [1.54, 1.807) is 19.1 Å². The van der Waals surface area contributed by atoms with Crippen molar-refractivity contribution in [1.29, 1.82) is 0 Å². The van der Waals surface area contributed by atoms with Crippen molar-refractivity contribution < 1.29 is 14.3 Å². The molecule has 0 bridgehead atoms. The highest BCUT2D eigenvalue weighted by Crippen LogP contribution is 2.26. The van der Waals surface area contributed by atoms with Gasteiger partial charge in [-0.1, -0.05) is 11.6 Å². The Hall–Kier alpha value is -2.04. The molecule has 1 saturated heterocycles. The lowest BCUT2D eigenvalue weighted by atomic mass is 10.2. The molecule has 0 unspecified atom stereocenters. The van der Waals surface area contributed by atoms with E-state index in [4.69, 9.17) is 21.1 Å². The van der Waals surface area contributed by atoms with Crippen molar-refractivity contribution in [3.63, 3.8) is 0 Å². The van der Waals surface area contributed by atoms with Gasteiger partial charge in [-0.3, -0.25) is 4.90 Å². The summed E-state index contributed by atoms with van der Waals surface area (Å²) in [5, 5.41) is 0.688. The molecule has 0 N–H and O–H groups in total. The topological polar surface area (TPSA) is 38.8 Å². The number of nitrogens with zero attached hydrogens (tertiary/aromatic N) is 1. The SMILES string of the molecule is CC(=O)CCCN1CCC[C@H]1COc1ccc(Oc2ccc(Cl)cc2)cc1. The van der Waals surface area contributed by atoms with Crippen LogP contribution in [0, 0.1) is 0 Å². The van der Waals surface area contributed by atoms with E-state index in [1.807, 2.05) is 36.4 Å². The van der Waals surface area contributed by atoms with Crippen LogP contribution in [0.5, 0.6) is 17.2 Å². The van der Waals surface area contributed by atoms with Crippen LogP contribution in [0.25, 0.3) is 0 Å². The number of hydrogen-bond acceptors (Lipinski definition) is 4. The van der Waals surface area contributed by atoms with Crippen LogP contribution in [0.3, 0.4) is 0 Å². The van der Waals surface area contributed by atoms with Crippen LogP contribution in [0.1, 0.15) is 32.6 Å². The summed E-state index contributed by atoms with van der Waals surface area (Å²) in [7, 11) is 0. The van der Waals surface area contributed by atoms with Gasteiger partial charge in [-0.2, -0.15) is 0 Å². The van der Waals surface area contributed by atoms with Gasteiger partial charge >= 0.3 is 0 Å². The Morgan fingerprint density at radius 1 is 1.07 bits per heavy atom. The van der Waals surface area contributed by atoms with E-state index in [0.29, 0.717) is 24.1 Å². The van der Waals surface area contributed by atoms with Crippen molar-refractivity contribution in [2.24, 2.45) is 0 Å². The zero-order chi connectivity index (χ0) is 19.1. The fourth-order valence-electron chi connectivity index (χ4n) is 3.34. The highest BCUT2D eigenvalue weighted by Gasteiger charge is 2.24.